The Bertz CT molecular complexity index is 754. The fourth-order valence-corrected chi connectivity index (χ4v) is 4.90. The highest BCUT2D eigenvalue weighted by Crippen LogP contribution is 2.31. The van der Waals surface area contributed by atoms with Crippen LogP contribution in [0.15, 0.2) is 29.3 Å². The number of benzene rings is 1. The molecule has 1 unspecified atom stereocenters. The Hall–Kier alpha value is -2.28. The van der Waals surface area contributed by atoms with Gasteiger partial charge in [-0.3, -0.25) is 14.7 Å². The zero-order valence-electron chi connectivity index (χ0n) is 18.8. The minimum Gasteiger partial charge on any atom is -0.493 e. The van der Waals surface area contributed by atoms with Crippen molar-refractivity contribution in [3.8, 4) is 5.75 Å². The van der Waals surface area contributed by atoms with E-state index in [1.165, 1.54) is 18.4 Å². The molecule has 1 aliphatic carbocycles. The number of fused-ring (bicyclic) bond motifs is 1. The second kappa shape index (κ2) is 10.8. The van der Waals surface area contributed by atoms with E-state index in [1.807, 2.05) is 12.1 Å². The van der Waals surface area contributed by atoms with E-state index >= 15 is 0 Å². The molecule has 3 aliphatic rings. The molecule has 1 aromatic carbocycles. The SMILES string of the molecule is CCNC(=NCCN1CCN(C(=O)C2CCCC2)CC1)NC1CCOc2ccccc21. The molecule has 1 saturated heterocycles. The molecule has 170 valence electrons. The number of nitrogens with zero attached hydrogens (tertiary/aromatic N) is 3. The summed E-state index contributed by atoms with van der Waals surface area (Å²) >= 11 is 0. The van der Waals surface area contributed by atoms with Crippen LogP contribution in [0.5, 0.6) is 5.75 Å². The Kier molecular flexibility index (Phi) is 7.67. The van der Waals surface area contributed by atoms with Gasteiger partial charge in [0.25, 0.3) is 0 Å². The Balaban J connectivity index is 1.25. The average Bonchev–Trinajstić information content (AvgIpc) is 3.34. The van der Waals surface area contributed by atoms with Crippen molar-refractivity contribution < 1.29 is 9.53 Å². The van der Waals surface area contributed by atoms with Crippen molar-refractivity contribution in [3.05, 3.63) is 29.8 Å². The fraction of sp³-hybridized carbons (Fsp3) is 0.667. The molecule has 31 heavy (non-hydrogen) atoms. The van der Waals surface area contributed by atoms with Crippen LogP contribution >= 0.6 is 0 Å². The molecular weight excluding hydrogens is 390 g/mol. The molecule has 1 atom stereocenters. The summed E-state index contributed by atoms with van der Waals surface area (Å²) in [5.41, 5.74) is 1.20. The van der Waals surface area contributed by atoms with Gasteiger partial charge in [-0.15, -0.1) is 0 Å². The maximum atomic E-state index is 12.6. The van der Waals surface area contributed by atoms with E-state index in [-0.39, 0.29) is 6.04 Å². The first-order valence-electron chi connectivity index (χ1n) is 12.0. The van der Waals surface area contributed by atoms with Crippen molar-refractivity contribution in [2.24, 2.45) is 10.9 Å². The molecule has 0 radical (unpaired) electrons. The Labute approximate surface area is 186 Å². The van der Waals surface area contributed by atoms with Gasteiger partial charge in [0.1, 0.15) is 5.75 Å². The van der Waals surface area contributed by atoms with Gasteiger partial charge in [-0.05, 0) is 25.8 Å². The Morgan fingerprint density at radius 1 is 1.13 bits per heavy atom. The van der Waals surface area contributed by atoms with E-state index < -0.39 is 0 Å². The Morgan fingerprint density at radius 3 is 2.68 bits per heavy atom. The summed E-state index contributed by atoms with van der Waals surface area (Å²) in [6.45, 7) is 8.93. The molecule has 2 heterocycles. The lowest BCUT2D eigenvalue weighted by Crippen LogP contribution is -2.50. The summed E-state index contributed by atoms with van der Waals surface area (Å²) in [6.07, 6.45) is 5.54. The first-order chi connectivity index (χ1) is 15.2. The monoisotopic (exact) mass is 427 g/mol. The average molecular weight is 428 g/mol. The largest absolute Gasteiger partial charge is 0.493 e. The smallest absolute Gasteiger partial charge is 0.225 e. The van der Waals surface area contributed by atoms with Gasteiger partial charge in [0, 0.05) is 57.2 Å². The van der Waals surface area contributed by atoms with Gasteiger partial charge < -0.3 is 20.3 Å². The van der Waals surface area contributed by atoms with E-state index in [9.17, 15) is 4.79 Å². The van der Waals surface area contributed by atoms with Gasteiger partial charge in [0.2, 0.25) is 5.91 Å². The van der Waals surface area contributed by atoms with Crippen LogP contribution in [0.3, 0.4) is 0 Å². The minimum atomic E-state index is 0.216. The highest BCUT2D eigenvalue weighted by Gasteiger charge is 2.29. The molecular formula is C24H37N5O2. The van der Waals surface area contributed by atoms with Crippen molar-refractivity contribution in [2.45, 2.75) is 45.1 Å². The zero-order chi connectivity index (χ0) is 21.5. The number of guanidine groups is 1. The summed E-state index contributed by atoms with van der Waals surface area (Å²) in [7, 11) is 0. The number of para-hydroxylation sites is 1. The molecule has 0 spiro atoms. The van der Waals surface area contributed by atoms with Crippen LogP contribution in [-0.4, -0.2) is 74.1 Å². The quantitative estimate of drug-likeness (QED) is 0.539. The van der Waals surface area contributed by atoms with Crippen LogP contribution in [-0.2, 0) is 4.79 Å². The number of nitrogens with one attached hydrogen (secondary N) is 2. The van der Waals surface area contributed by atoms with E-state index in [0.29, 0.717) is 11.8 Å². The Morgan fingerprint density at radius 2 is 1.90 bits per heavy atom. The van der Waals surface area contributed by atoms with Crippen LogP contribution in [0, 0.1) is 5.92 Å². The molecule has 1 aromatic rings. The third-order valence-electron chi connectivity index (χ3n) is 6.69. The molecule has 7 heteroatoms. The zero-order valence-corrected chi connectivity index (χ0v) is 18.8. The molecule has 2 fully saturated rings. The summed E-state index contributed by atoms with van der Waals surface area (Å²) in [5, 5.41) is 6.97. The second-order valence-electron chi connectivity index (χ2n) is 8.78. The third kappa shape index (κ3) is 5.70. The van der Waals surface area contributed by atoms with Crippen LogP contribution in [0.2, 0.25) is 0 Å². The molecule has 2 aliphatic heterocycles. The summed E-state index contributed by atoms with van der Waals surface area (Å²) < 4.78 is 5.78. The molecule has 7 nitrogen and oxygen atoms in total. The first-order valence-corrected chi connectivity index (χ1v) is 12.0. The predicted molar refractivity (Wildman–Crippen MR) is 123 cm³/mol. The number of aliphatic imine (C=N–C) groups is 1. The number of ether oxygens (including phenoxy) is 1. The molecule has 0 aromatic heterocycles. The van der Waals surface area contributed by atoms with Gasteiger partial charge in [-0.1, -0.05) is 31.0 Å². The van der Waals surface area contributed by atoms with Gasteiger partial charge in [0.05, 0.1) is 19.2 Å². The summed E-state index contributed by atoms with van der Waals surface area (Å²) in [5.74, 6) is 2.51. The highest BCUT2D eigenvalue weighted by atomic mass is 16.5. The van der Waals surface area contributed by atoms with Crippen molar-refractivity contribution in [1.29, 1.82) is 0 Å². The molecule has 4 rings (SSSR count). The maximum absolute atomic E-state index is 12.6. The van der Waals surface area contributed by atoms with Crippen molar-refractivity contribution in [3.63, 3.8) is 0 Å². The molecule has 1 saturated carbocycles. The van der Waals surface area contributed by atoms with Crippen LogP contribution in [0.25, 0.3) is 0 Å². The van der Waals surface area contributed by atoms with Crippen molar-refractivity contribution in [1.82, 2.24) is 20.4 Å². The second-order valence-corrected chi connectivity index (χ2v) is 8.78. The number of carbonyl (C=O) groups excluding carboxylic acids is 1. The summed E-state index contributed by atoms with van der Waals surface area (Å²) in [4.78, 5) is 22.0. The van der Waals surface area contributed by atoms with Gasteiger partial charge >= 0.3 is 0 Å². The number of hydrogen-bond acceptors (Lipinski definition) is 4. The third-order valence-corrected chi connectivity index (χ3v) is 6.69. The lowest BCUT2D eigenvalue weighted by molar-refractivity contribution is -0.137. The highest BCUT2D eigenvalue weighted by molar-refractivity contribution is 5.80. The summed E-state index contributed by atoms with van der Waals surface area (Å²) in [6, 6.07) is 8.45. The number of rotatable bonds is 6. The minimum absolute atomic E-state index is 0.216. The first kappa shape index (κ1) is 21.9. The van der Waals surface area contributed by atoms with Crippen LogP contribution < -0.4 is 15.4 Å². The maximum Gasteiger partial charge on any atom is 0.225 e. The van der Waals surface area contributed by atoms with Crippen molar-refractivity contribution in [2.75, 3.05) is 52.4 Å². The number of carbonyl (C=O) groups is 1. The lowest BCUT2D eigenvalue weighted by Gasteiger charge is -2.35. The van der Waals surface area contributed by atoms with Gasteiger partial charge in [-0.2, -0.15) is 0 Å². The molecule has 2 N–H and O–H groups in total. The fourth-order valence-electron chi connectivity index (χ4n) is 4.90. The van der Waals surface area contributed by atoms with E-state index in [4.69, 9.17) is 9.73 Å². The molecule has 1 amide bonds. The molecule has 0 bridgehead atoms. The number of piperazine rings is 1. The lowest BCUT2D eigenvalue weighted by atomic mass is 10.0. The number of hydrogen-bond donors (Lipinski definition) is 2. The van der Waals surface area contributed by atoms with E-state index in [2.05, 4.69) is 39.5 Å². The van der Waals surface area contributed by atoms with Crippen molar-refractivity contribution >= 4 is 11.9 Å². The number of amides is 1. The van der Waals surface area contributed by atoms with Crippen LogP contribution in [0.1, 0.15) is 50.6 Å². The topological polar surface area (TPSA) is 69.2 Å². The normalized spacial score (nSPS) is 22.7. The van der Waals surface area contributed by atoms with Gasteiger partial charge in [0.15, 0.2) is 5.96 Å². The van der Waals surface area contributed by atoms with Crippen LogP contribution in [0.4, 0.5) is 0 Å². The van der Waals surface area contributed by atoms with E-state index in [0.717, 1.165) is 83.4 Å². The standard InChI is InChI=1S/C24H37N5O2/c1-2-25-24(27-21-11-18-31-22-10-6-5-9-20(21)22)26-12-13-28-14-16-29(17-15-28)23(30)19-7-3-4-8-19/h5-6,9-10,19,21H,2-4,7-8,11-18H2,1H3,(H2,25,26,27). The van der Waals surface area contributed by atoms with Gasteiger partial charge in [-0.25, -0.2) is 0 Å². The van der Waals surface area contributed by atoms with E-state index in [1.54, 1.807) is 0 Å². The predicted octanol–water partition coefficient (Wildman–Crippen LogP) is 2.40.